The van der Waals surface area contributed by atoms with E-state index in [0.29, 0.717) is 5.02 Å². The number of non-ortho nitro benzene ring substituents is 1. The van der Waals surface area contributed by atoms with Crippen molar-refractivity contribution in [3.8, 4) is 0 Å². The predicted octanol–water partition coefficient (Wildman–Crippen LogP) is 3.48. The SMILES string of the molecule is O=[N+]([O-])c1ccc(NCCCOCC2CC2)c(Cl)c1. The molecule has 1 aromatic carbocycles. The van der Waals surface area contributed by atoms with Crippen molar-refractivity contribution in [3.63, 3.8) is 0 Å². The van der Waals surface area contributed by atoms with Crippen LogP contribution in [0.3, 0.4) is 0 Å². The summed E-state index contributed by atoms with van der Waals surface area (Å²) in [6.45, 7) is 2.34. The van der Waals surface area contributed by atoms with Crippen LogP contribution < -0.4 is 5.32 Å². The number of ether oxygens (including phenoxy) is 1. The molecule has 5 nitrogen and oxygen atoms in total. The van der Waals surface area contributed by atoms with Gasteiger partial charge >= 0.3 is 0 Å². The topological polar surface area (TPSA) is 64.4 Å². The summed E-state index contributed by atoms with van der Waals surface area (Å²) >= 11 is 5.97. The number of nitro benzene ring substituents is 1. The standard InChI is InChI=1S/C13H17ClN2O3/c14-12-8-11(16(17)18)4-5-13(12)15-6-1-7-19-9-10-2-3-10/h4-5,8,10,15H,1-3,6-7,9H2. The van der Waals surface area contributed by atoms with E-state index in [9.17, 15) is 10.1 Å². The molecule has 0 aromatic heterocycles. The van der Waals surface area contributed by atoms with E-state index >= 15 is 0 Å². The highest BCUT2D eigenvalue weighted by Gasteiger charge is 2.20. The second-order valence-electron chi connectivity index (χ2n) is 4.72. The summed E-state index contributed by atoms with van der Waals surface area (Å²) in [5.41, 5.74) is 0.720. The van der Waals surface area contributed by atoms with Crippen LogP contribution in [0.2, 0.25) is 5.02 Å². The van der Waals surface area contributed by atoms with Gasteiger partial charge in [0.25, 0.3) is 5.69 Å². The minimum absolute atomic E-state index is 0.00307. The number of hydrogen-bond acceptors (Lipinski definition) is 4. The third-order valence-electron chi connectivity index (χ3n) is 2.99. The summed E-state index contributed by atoms with van der Waals surface area (Å²) in [5.74, 6) is 0.789. The molecule has 1 saturated carbocycles. The Bertz CT molecular complexity index is 450. The molecule has 0 amide bonds. The molecule has 6 heteroatoms. The van der Waals surface area contributed by atoms with Crippen LogP contribution in [0, 0.1) is 16.0 Å². The Kier molecular flexibility index (Phi) is 4.99. The van der Waals surface area contributed by atoms with E-state index in [2.05, 4.69) is 5.32 Å². The molecule has 0 bridgehead atoms. The maximum atomic E-state index is 10.6. The zero-order valence-corrected chi connectivity index (χ0v) is 11.4. The Labute approximate surface area is 117 Å². The number of nitrogens with one attached hydrogen (secondary N) is 1. The second-order valence-corrected chi connectivity index (χ2v) is 5.13. The maximum absolute atomic E-state index is 10.6. The molecule has 2 rings (SSSR count). The van der Waals surface area contributed by atoms with E-state index in [-0.39, 0.29) is 5.69 Å². The number of halogens is 1. The van der Waals surface area contributed by atoms with Crippen LogP contribution in [-0.2, 0) is 4.74 Å². The summed E-state index contributed by atoms with van der Waals surface area (Å²) in [4.78, 5) is 10.1. The van der Waals surface area contributed by atoms with E-state index in [4.69, 9.17) is 16.3 Å². The lowest BCUT2D eigenvalue weighted by Crippen LogP contribution is -2.07. The molecule has 0 radical (unpaired) electrons. The van der Waals surface area contributed by atoms with Crippen molar-refractivity contribution in [3.05, 3.63) is 33.3 Å². The monoisotopic (exact) mass is 284 g/mol. The van der Waals surface area contributed by atoms with Gasteiger partial charge in [-0.3, -0.25) is 10.1 Å². The molecule has 1 aliphatic rings. The molecule has 0 saturated heterocycles. The first-order valence-corrected chi connectivity index (χ1v) is 6.80. The fraction of sp³-hybridized carbons (Fsp3) is 0.538. The van der Waals surface area contributed by atoms with Crippen molar-refractivity contribution in [2.24, 2.45) is 5.92 Å². The summed E-state index contributed by atoms with van der Waals surface area (Å²) in [6, 6.07) is 4.43. The first kappa shape index (κ1) is 14.1. The molecular formula is C13H17ClN2O3. The largest absolute Gasteiger partial charge is 0.384 e. The van der Waals surface area contributed by atoms with Crippen LogP contribution in [0.1, 0.15) is 19.3 Å². The molecule has 0 aliphatic heterocycles. The van der Waals surface area contributed by atoms with Crippen LogP contribution >= 0.6 is 11.6 Å². The Hall–Kier alpha value is -1.33. The fourth-order valence-electron chi connectivity index (χ4n) is 1.69. The van der Waals surface area contributed by atoms with Crippen LogP contribution in [0.4, 0.5) is 11.4 Å². The summed E-state index contributed by atoms with van der Waals surface area (Å²) in [6.07, 6.45) is 3.49. The summed E-state index contributed by atoms with van der Waals surface area (Å²) < 4.78 is 5.51. The third-order valence-corrected chi connectivity index (χ3v) is 3.31. The van der Waals surface area contributed by atoms with Gasteiger partial charge in [0.05, 0.1) is 15.6 Å². The Balaban J connectivity index is 1.68. The van der Waals surface area contributed by atoms with E-state index in [1.807, 2.05) is 0 Å². The first-order chi connectivity index (χ1) is 9.16. The third kappa shape index (κ3) is 4.69. The van der Waals surface area contributed by atoms with Crippen molar-refractivity contribution in [1.29, 1.82) is 0 Å². The van der Waals surface area contributed by atoms with Gasteiger partial charge in [-0.15, -0.1) is 0 Å². The molecule has 0 spiro atoms. The van der Waals surface area contributed by atoms with Gasteiger partial charge < -0.3 is 10.1 Å². The number of anilines is 1. The lowest BCUT2D eigenvalue weighted by Gasteiger charge is -2.08. The van der Waals surface area contributed by atoms with Crippen LogP contribution in [0.5, 0.6) is 0 Å². The lowest BCUT2D eigenvalue weighted by atomic mass is 10.2. The van der Waals surface area contributed by atoms with Crippen LogP contribution in [0.15, 0.2) is 18.2 Å². The van der Waals surface area contributed by atoms with Gasteiger partial charge in [-0.05, 0) is 31.2 Å². The molecule has 104 valence electrons. The molecule has 1 aliphatic carbocycles. The quantitative estimate of drug-likeness (QED) is 0.451. The normalized spacial score (nSPS) is 14.4. The minimum Gasteiger partial charge on any atom is -0.384 e. The molecule has 0 atom stereocenters. The van der Waals surface area contributed by atoms with Crippen LogP contribution in [0.25, 0.3) is 0 Å². The smallest absolute Gasteiger partial charge is 0.271 e. The lowest BCUT2D eigenvalue weighted by molar-refractivity contribution is -0.384. The highest BCUT2D eigenvalue weighted by Crippen LogP contribution is 2.29. The van der Waals surface area contributed by atoms with Gasteiger partial charge in [0.1, 0.15) is 0 Å². The molecule has 1 N–H and O–H groups in total. The van der Waals surface area contributed by atoms with Gasteiger partial charge in [-0.25, -0.2) is 0 Å². The number of hydrogen-bond donors (Lipinski definition) is 1. The molecule has 1 aromatic rings. The number of nitrogens with zero attached hydrogens (tertiary/aromatic N) is 1. The van der Waals surface area contributed by atoms with Crippen LogP contribution in [-0.4, -0.2) is 24.7 Å². The highest BCUT2D eigenvalue weighted by molar-refractivity contribution is 6.33. The van der Waals surface area contributed by atoms with Crippen molar-refractivity contribution >= 4 is 23.0 Å². The average Bonchev–Trinajstić information content (AvgIpc) is 3.19. The molecular weight excluding hydrogens is 268 g/mol. The highest BCUT2D eigenvalue weighted by atomic mass is 35.5. The molecule has 1 fully saturated rings. The van der Waals surface area contributed by atoms with Gasteiger partial charge in [0, 0.05) is 31.9 Å². The van der Waals surface area contributed by atoms with Gasteiger partial charge in [0.2, 0.25) is 0 Å². The van der Waals surface area contributed by atoms with Gasteiger partial charge in [-0.2, -0.15) is 0 Å². The fourth-order valence-corrected chi connectivity index (χ4v) is 1.93. The van der Waals surface area contributed by atoms with Crippen molar-refractivity contribution < 1.29 is 9.66 Å². The Morgan fingerprint density at radius 3 is 2.89 bits per heavy atom. The summed E-state index contributed by atoms with van der Waals surface area (Å²) in [5, 5.41) is 14.1. The van der Waals surface area contributed by atoms with E-state index < -0.39 is 4.92 Å². The van der Waals surface area contributed by atoms with Gasteiger partial charge in [0.15, 0.2) is 0 Å². The van der Waals surface area contributed by atoms with Crippen molar-refractivity contribution in [2.45, 2.75) is 19.3 Å². The maximum Gasteiger partial charge on any atom is 0.271 e. The minimum atomic E-state index is -0.457. The summed E-state index contributed by atoms with van der Waals surface area (Å²) in [7, 11) is 0. The first-order valence-electron chi connectivity index (χ1n) is 6.42. The number of nitro groups is 1. The average molecular weight is 285 g/mol. The number of benzene rings is 1. The van der Waals surface area contributed by atoms with E-state index in [1.165, 1.54) is 25.0 Å². The van der Waals surface area contributed by atoms with E-state index in [1.54, 1.807) is 6.07 Å². The Morgan fingerprint density at radius 2 is 2.26 bits per heavy atom. The van der Waals surface area contributed by atoms with Crippen molar-refractivity contribution in [2.75, 3.05) is 25.1 Å². The molecule has 0 unspecified atom stereocenters. The van der Waals surface area contributed by atoms with E-state index in [0.717, 1.165) is 37.8 Å². The molecule has 19 heavy (non-hydrogen) atoms. The zero-order chi connectivity index (χ0) is 13.7. The second kappa shape index (κ2) is 6.73. The van der Waals surface area contributed by atoms with Gasteiger partial charge in [-0.1, -0.05) is 11.6 Å². The zero-order valence-electron chi connectivity index (χ0n) is 10.6. The predicted molar refractivity (Wildman–Crippen MR) is 74.8 cm³/mol. The molecule has 0 heterocycles. The number of rotatable bonds is 8. The van der Waals surface area contributed by atoms with Crippen molar-refractivity contribution in [1.82, 2.24) is 0 Å². The Morgan fingerprint density at radius 1 is 1.47 bits per heavy atom.